The molecule has 0 radical (unpaired) electrons. The highest BCUT2D eigenvalue weighted by atomic mass is 16.5. The van der Waals surface area contributed by atoms with E-state index < -0.39 is 11.2 Å². The van der Waals surface area contributed by atoms with Gasteiger partial charge < -0.3 is 13.8 Å². The summed E-state index contributed by atoms with van der Waals surface area (Å²) in [4.78, 5) is 33.2. The lowest BCUT2D eigenvalue weighted by molar-refractivity contribution is 0.340. The number of aromatic nitrogens is 6. The molecule has 4 aromatic rings. The molecule has 0 aliphatic heterocycles. The van der Waals surface area contributed by atoms with Crippen LogP contribution in [0.2, 0.25) is 0 Å². The van der Waals surface area contributed by atoms with Crippen LogP contribution in [0.5, 0.6) is 5.75 Å². The largest absolute Gasteiger partial charge is 0.493 e. The van der Waals surface area contributed by atoms with Crippen LogP contribution in [0.4, 0.5) is 0 Å². The van der Waals surface area contributed by atoms with Gasteiger partial charge in [0.15, 0.2) is 11.2 Å². The zero-order chi connectivity index (χ0) is 19.8. The number of aryl methyl sites for hydroxylation is 1. The summed E-state index contributed by atoms with van der Waals surface area (Å²) in [7, 11) is 2.99. The van der Waals surface area contributed by atoms with Crippen LogP contribution in [-0.4, -0.2) is 35.4 Å². The lowest BCUT2D eigenvalue weighted by atomic mass is 10.2. The first-order chi connectivity index (χ1) is 13.5. The fourth-order valence-electron chi connectivity index (χ4n) is 3.02. The summed E-state index contributed by atoms with van der Waals surface area (Å²) in [5, 5.41) is 4.02. The molecular weight excluding hydrogens is 364 g/mol. The quantitative estimate of drug-likeness (QED) is 0.505. The van der Waals surface area contributed by atoms with Gasteiger partial charge in [0.05, 0.1) is 18.5 Å². The molecule has 28 heavy (non-hydrogen) atoms. The molecular formula is C18H18N6O4. The summed E-state index contributed by atoms with van der Waals surface area (Å²) in [6, 6.07) is 7.41. The molecule has 144 valence electrons. The van der Waals surface area contributed by atoms with Gasteiger partial charge in [0.1, 0.15) is 12.3 Å². The van der Waals surface area contributed by atoms with Crippen molar-refractivity contribution in [3.8, 4) is 17.1 Å². The van der Waals surface area contributed by atoms with Crippen LogP contribution in [0.25, 0.3) is 22.6 Å². The van der Waals surface area contributed by atoms with Crippen molar-refractivity contribution in [3.05, 3.63) is 57.3 Å². The Labute approximate surface area is 158 Å². The minimum absolute atomic E-state index is 0.147. The maximum absolute atomic E-state index is 12.5. The SMILES string of the molecule is CCOc1ccccc1-c1noc(Cn2cnc3c2c(=O)n(C)c(=O)n3C)n1. The molecule has 0 unspecified atom stereocenters. The highest BCUT2D eigenvalue weighted by Gasteiger charge is 2.17. The van der Waals surface area contributed by atoms with Crippen LogP contribution in [-0.2, 0) is 20.6 Å². The average molecular weight is 382 g/mol. The summed E-state index contributed by atoms with van der Waals surface area (Å²) >= 11 is 0. The maximum atomic E-state index is 12.5. The first kappa shape index (κ1) is 17.7. The van der Waals surface area contributed by atoms with Gasteiger partial charge in [0, 0.05) is 14.1 Å². The topological polar surface area (TPSA) is 110 Å². The van der Waals surface area contributed by atoms with Crippen molar-refractivity contribution < 1.29 is 9.26 Å². The van der Waals surface area contributed by atoms with Crippen LogP contribution in [0, 0.1) is 0 Å². The van der Waals surface area contributed by atoms with Gasteiger partial charge in [-0.15, -0.1) is 0 Å². The van der Waals surface area contributed by atoms with E-state index in [0.717, 1.165) is 4.57 Å². The molecule has 0 N–H and O–H groups in total. The Kier molecular flexibility index (Phi) is 4.30. The molecule has 10 nitrogen and oxygen atoms in total. The number of imidazole rings is 1. The predicted molar refractivity (Wildman–Crippen MR) is 100 cm³/mol. The molecule has 1 aromatic carbocycles. The van der Waals surface area contributed by atoms with Crippen LogP contribution in [0.3, 0.4) is 0 Å². The van der Waals surface area contributed by atoms with Crippen LogP contribution in [0.1, 0.15) is 12.8 Å². The first-order valence-corrected chi connectivity index (χ1v) is 8.67. The fraction of sp³-hybridized carbons (Fsp3) is 0.278. The number of rotatable bonds is 5. The van der Waals surface area contributed by atoms with E-state index in [2.05, 4.69) is 15.1 Å². The smallest absolute Gasteiger partial charge is 0.332 e. The van der Waals surface area contributed by atoms with Gasteiger partial charge in [-0.05, 0) is 19.1 Å². The molecule has 0 fully saturated rings. The molecule has 0 saturated heterocycles. The van der Waals surface area contributed by atoms with Crippen molar-refractivity contribution in [1.29, 1.82) is 0 Å². The second-order valence-electron chi connectivity index (χ2n) is 6.19. The standard InChI is InChI=1S/C18H18N6O4/c1-4-27-12-8-6-5-7-11(12)15-20-13(28-21-15)9-24-10-19-16-14(24)17(25)23(3)18(26)22(16)2/h5-8,10H,4,9H2,1-3H3. The number of fused-ring (bicyclic) bond motifs is 1. The molecule has 10 heteroatoms. The Hall–Kier alpha value is -3.69. The van der Waals surface area contributed by atoms with Crippen molar-refractivity contribution in [2.45, 2.75) is 13.5 Å². The van der Waals surface area contributed by atoms with E-state index in [1.54, 1.807) is 11.6 Å². The number of para-hydroxylation sites is 1. The molecule has 0 bridgehead atoms. The van der Waals surface area contributed by atoms with Crippen molar-refractivity contribution in [2.24, 2.45) is 14.1 Å². The Balaban J connectivity index is 1.73. The number of hydrogen-bond acceptors (Lipinski definition) is 7. The van der Waals surface area contributed by atoms with E-state index >= 15 is 0 Å². The van der Waals surface area contributed by atoms with Gasteiger partial charge in [0.2, 0.25) is 11.7 Å². The summed E-state index contributed by atoms with van der Waals surface area (Å²) in [5.74, 6) is 1.36. The third-order valence-corrected chi connectivity index (χ3v) is 4.42. The summed E-state index contributed by atoms with van der Waals surface area (Å²) in [5.41, 5.74) is 0.439. The first-order valence-electron chi connectivity index (χ1n) is 8.67. The molecule has 3 aromatic heterocycles. The van der Waals surface area contributed by atoms with Gasteiger partial charge in [-0.2, -0.15) is 4.98 Å². The molecule has 4 rings (SSSR count). The van der Waals surface area contributed by atoms with E-state index in [0.29, 0.717) is 40.8 Å². The Morgan fingerprint density at radius 1 is 1.14 bits per heavy atom. The summed E-state index contributed by atoms with van der Waals surface area (Å²) in [6.07, 6.45) is 1.48. The van der Waals surface area contributed by atoms with E-state index in [-0.39, 0.29) is 6.54 Å². The summed E-state index contributed by atoms with van der Waals surface area (Å²) in [6.45, 7) is 2.56. The zero-order valence-corrected chi connectivity index (χ0v) is 15.6. The Morgan fingerprint density at radius 3 is 2.71 bits per heavy atom. The molecule has 0 atom stereocenters. The van der Waals surface area contributed by atoms with Crippen molar-refractivity contribution in [2.75, 3.05) is 6.61 Å². The minimum atomic E-state index is -0.435. The molecule has 3 heterocycles. The van der Waals surface area contributed by atoms with Crippen LogP contribution < -0.4 is 16.0 Å². The average Bonchev–Trinajstić information content (AvgIpc) is 3.33. The third kappa shape index (κ3) is 2.79. The van der Waals surface area contributed by atoms with Gasteiger partial charge in [-0.25, -0.2) is 9.78 Å². The Bertz CT molecular complexity index is 1280. The number of nitrogens with zero attached hydrogens (tertiary/aromatic N) is 6. The van der Waals surface area contributed by atoms with Gasteiger partial charge in [-0.1, -0.05) is 17.3 Å². The highest BCUT2D eigenvalue weighted by molar-refractivity contribution is 5.70. The zero-order valence-electron chi connectivity index (χ0n) is 15.6. The Morgan fingerprint density at radius 2 is 1.93 bits per heavy atom. The normalized spacial score (nSPS) is 11.2. The van der Waals surface area contributed by atoms with E-state index in [9.17, 15) is 9.59 Å². The van der Waals surface area contributed by atoms with Crippen LogP contribution in [0.15, 0.2) is 44.7 Å². The molecule has 0 aliphatic carbocycles. The maximum Gasteiger partial charge on any atom is 0.332 e. The monoisotopic (exact) mass is 382 g/mol. The molecule has 0 spiro atoms. The second-order valence-corrected chi connectivity index (χ2v) is 6.19. The van der Waals surface area contributed by atoms with Gasteiger partial charge >= 0.3 is 5.69 Å². The van der Waals surface area contributed by atoms with Crippen LogP contribution >= 0.6 is 0 Å². The number of hydrogen-bond donors (Lipinski definition) is 0. The van der Waals surface area contributed by atoms with Gasteiger partial charge in [0.25, 0.3) is 5.56 Å². The van der Waals surface area contributed by atoms with E-state index in [1.165, 1.54) is 17.9 Å². The second kappa shape index (κ2) is 6.80. The van der Waals surface area contributed by atoms with Gasteiger partial charge in [-0.3, -0.25) is 13.9 Å². The third-order valence-electron chi connectivity index (χ3n) is 4.42. The lowest BCUT2D eigenvalue weighted by Crippen LogP contribution is -2.37. The highest BCUT2D eigenvalue weighted by Crippen LogP contribution is 2.27. The fourth-order valence-corrected chi connectivity index (χ4v) is 3.02. The van der Waals surface area contributed by atoms with E-state index in [4.69, 9.17) is 9.26 Å². The predicted octanol–water partition coefficient (Wildman–Crippen LogP) is 0.931. The number of ether oxygens (including phenoxy) is 1. The summed E-state index contributed by atoms with van der Waals surface area (Å²) < 4.78 is 14.9. The lowest BCUT2D eigenvalue weighted by Gasteiger charge is -2.06. The molecule has 0 amide bonds. The van der Waals surface area contributed by atoms with E-state index in [1.807, 2.05) is 31.2 Å². The van der Waals surface area contributed by atoms with Crippen molar-refractivity contribution >= 4 is 11.2 Å². The van der Waals surface area contributed by atoms with Crippen molar-refractivity contribution in [3.63, 3.8) is 0 Å². The molecule has 0 aliphatic rings. The number of benzene rings is 1. The van der Waals surface area contributed by atoms with Crippen molar-refractivity contribution in [1.82, 2.24) is 28.8 Å². The minimum Gasteiger partial charge on any atom is -0.493 e. The molecule has 0 saturated carbocycles.